The number of carboxylic acids is 2. The molecule has 0 aliphatic rings. The van der Waals surface area contributed by atoms with Crippen LogP contribution in [0.15, 0.2) is 23.0 Å². The average molecular weight is 901 g/mol. The third-order valence-electron chi connectivity index (χ3n) is 10.3. The molecule has 0 unspecified atom stereocenters. The summed E-state index contributed by atoms with van der Waals surface area (Å²) in [6.45, 7) is 3.15. The number of rotatable bonds is 44. The van der Waals surface area contributed by atoms with Crippen molar-refractivity contribution in [2.24, 2.45) is 0 Å². The molecule has 0 rings (SSSR count). The van der Waals surface area contributed by atoms with Crippen LogP contribution in [0.2, 0.25) is 0 Å². The van der Waals surface area contributed by atoms with Crippen LogP contribution in [0.3, 0.4) is 0 Å². The van der Waals surface area contributed by atoms with Crippen molar-refractivity contribution in [3.63, 3.8) is 0 Å². The number of carbonyl (C=O) groups is 2. The van der Waals surface area contributed by atoms with Crippen LogP contribution in [0.1, 0.15) is 245 Å². The van der Waals surface area contributed by atoms with E-state index in [-0.39, 0.29) is 37.7 Å². The fourth-order valence-electron chi connectivity index (χ4n) is 6.78. The Kier molecular flexibility index (Phi) is 51.6. The minimum Gasteiger partial charge on any atom is -0.549 e. The first-order valence-electron chi connectivity index (χ1n) is 23.7. The van der Waals surface area contributed by atoms with Crippen LogP contribution >= 0.6 is 0 Å². The summed E-state index contributed by atoms with van der Waals surface area (Å²) in [5.74, 6) is -2.87. The van der Waals surface area contributed by atoms with Crippen molar-refractivity contribution >= 4 is 69.7 Å². The van der Waals surface area contributed by atoms with Gasteiger partial charge in [0.05, 0.1) is 25.0 Å². The molecule has 0 heterocycles. The van der Waals surface area contributed by atoms with Gasteiger partial charge in [0.2, 0.25) is 20.0 Å². The molecule has 0 saturated carbocycles. The molecule has 0 aromatic carbocycles. The molecule has 344 valence electrons. The molecule has 0 aromatic heterocycles. The molecular weight excluding hydrogens is 813 g/mol. The number of allylic oxidation sites excluding steroid dienone is 2. The van der Waals surface area contributed by atoms with E-state index in [1.165, 1.54) is 193 Å². The Morgan fingerprint density at radius 2 is 0.559 bits per heavy atom. The number of unbranched alkanes of at least 4 members (excludes halogenated alkanes) is 34. The number of hydrogen-bond acceptors (Lipinski definition) is 8. The zero-order valence-corrected chi connectivity index (χ0v) is 41.8. The SMILES string of the molecule is CCCCCCCCCCCCCCCCCCC/C=C/S(=O)(=O)NCC(=O)[O-].CCCCCCCCCCCCCCCCCCC/C=C/S(=O)(=O)NCC(=O)[O-].[Ca+2]. The van der Waals surface area contributed by atoms with E-state index in [4.69, 9.17) is 0 Å². The second kappa shape index (κ2) is 48.5. The summed E-state index contributed by atoms with van der Waals surface area (Å²) >= 11 is 0. The molecule has 0 aromatic rings. The molecule has 0 amide bonds. The average Bonchev–Trinajstić information content (AvgIpc) is 3.18. The molecule has 13 heteroatoms. The Morgan fingerprint density at radius 1 is 0.373 bits per heavy atom. The van der Waals surface area contributed by atoms with Gasteiger partial charge in [-0.2, -0.15) is 0 Å². The van der Waals surface area contributed by atoms with Gasteiger partial charge in [0.1, 0.15) is 0 Å². The van der Waals surface area contributed by atoms with E-state index in [0.29, 0.717) is 12.8 Å². The van der Waals surface area contributed by atoms with Crippen LogP contribution in [0.5, 0.6) is 0 Å². The van der Waals surface area contributed by atoms with E-state index in [1.807, 2.05) is 9.44 Å². The van der Waals surface area contributed by atoms with Gasteiger partial charge in [-0.3, -0.25) is 0 Å². The maximum atomic E-state index is 11.4. The molecule has 0 saturated heterocycles. The molecule has 0 aliphatic carbocycles. The fourth-order valence-corrected chi connectivity index (χ4v) is 8.39. The summed E-state index contributed by atoms with van der Waals surface area (Å²) in [4.78, 5) is 20.5. The predicted octanol–water partition coefficient (Wildman–Crippen LogP) is 10.0. The van der Waals surface area contributed by atoms with Crippen molar-refractivity contribution in [1.29, 1.82) is 0 Å². The van der Waals surface area contributed by atoms with Crippen LogP contribution in [0.4, 0.5) is 0 Å². The Labute approximate surface area is 393 Å². The minimum absolute atomic E-state index is 0. The summed E-state index contributed by atoms with van der Waals surface area (Å²) in [5, 5.41) is 22.6. The standard InChI is InChI=1S/2C23H45NO4S.Ca/c2*1-2-3-4-5-6-7-8-9-10-11-12-13-14-15-16-17-18-19-20-21-29(27,28)24-22-23(25)26;/h2*20-21,24H,2-19,22H2,1H3,(H,25,26);/q;;+2/p-2/b2*21-20+;. The van der Waals surface area contributed by atoms with Gasteiger partial charge in [0.15, 0.2) is 0 Å². The first-order valence-corrected chi connectivity index (χ1v) is 26.8. The third kappa shape index (κ3) is 57.5. The van der Waals surface area contributed by atoms with E-state index in [9.17, 15) is 36.6 Å². The second-order valence-electron chi connectivity index (χ2n) is 16.1. The minimum atomic E-state index is -3.65. The van der Waals surface area contributed by atoms with E-state index in [0.717, 1.165) is 36.5 Å². The molecular formula is C46H88CaN2O8S2. The van der Waals surface area contributed by atoms with Gasteiger partial charge in [-0.15, -0.1) is 0 Å². The van der Waals surface area contributed by atoms with Gasteiger partial charge in [-0.1, -0.05) is 231 Å². The molecule has 0 spiro atoms. The van der Waals surface area contributed by atoms with Crippen LogP contribution in [-0.2, 0) is 29.6 Å². The second-order valence-corrected chi connectivity index (χ2v) is 19.4. The van der Waals surface area contributed by atoms with Gasteiger partial charge < -0.3 is 19.8 Å². The Bertz CT molecular complexity index is 1110. The van der Waals surface area contributed by atoms with Crippen molar-refractivity contribution < 1.29 is 36.6 Å². The topological polar surface area (TPSA) is 173 Å². The first-order chi connectivity index (χ1) is 28.0. The summed E-state index contributed by atoms with van der Waals surface area (Å²) in [6.07, 6.45) is 49.6. The molecule has 0 atom stereocenters. The molecule has 0 radical (unpaired) electrons. The maximum Gasteiger partial charge on any atom is 2.00 e. The summed E-state index contributed by atoms with van der Waals surface area (Å²) < 4.78 is 49.6. The number of sulfonamides is 2. The number of aliphatic carboxylic acids is 2. The van der Waals surface area contributed by atoms with Crippen molar-refractivity contribution in [2.45, 2.75) is 245 Å². The van der Waals surface area contributed by atoms with Crippen molar-refractivity contribution in [2.75, 3.05) is 13.1 Å². The number of carboxylic acid groups (broad SMARTS) is 2. The summed E-state index contributed by atoms with van der Waals surface area (Å²) in [6, 6.07) is 0. The van der Waals surface area contributed by atoms with E-state index < -0.39 is 45.1 Å². The first kappa shape index (κ1) is 62.8. The molecule has 10 nitrogen and oxygen atoms in total. The molecule has 2 N–H and O–H groups in total. The smallest absolute Gasteiger partial charge is 0.549 e. The molecule has 0 bridgehead atoms. The van der Waals surface area contributed by atoms with E-state index >= 15 is 0 Å². The maximum absolute atomic E-state index is 11.4. The zero-order chi connectivity index (χ0) is 43.3. The van der Waals surface area contributed by atoms with Gasteiger partial charge in [0.25, 0.3) is 0 Å². The van der Waals surface area contributed by atoms with Crippen LogP contribution in [-0.4, -0.2) is 79.6 Å². The number of carbonyl (C=O) groups excluding carboxylic acids is 2. The van der Waals surface area contributed by atoms with Gasteiger partial charge >= 0.3 is 37.7 Å². The van der Waals surface area contributed by atoms with Crippen molar-refractivity contribution in [3.05, 3.63) is 23.0 Å². The summed E-state index contributed by atoms with van der Waals surface area (Å²) in [5.41, 5.74) is 0. The number of hydrogen-bond donors (Lipinski definition) is 2. The van der Waals surface area contributed by atoms with Gasteiger partial charge in [0, 0.05) is 10.8 Å². The zero-order valence-electron chi connectivity index (χ0n) is 38.0. The molecule has 0 fully saturated rings. The van der Waals surface area contributed by atoms with Crippen molar-refractivity contribution in [3.8, 4) is 0 Å². The quantitative estimate of drug-likeness (QED) is 0.0449. The van der Waals surface area contributed by atoms with E-state index in [2.05, 4.69) is 13.8 Å². The Hall–Kier alpha value is -0.500. The molecule has 59 heavy (non-hydrogen) atoms. The normalized spacial score (nSPS) is 11.8. The Morgan fingerprint density at radius 3 is 0.746 bits per heavy atom. The van der Waals surface area contributed by atoms with Crippen LogP contribution in [0, 0.1) is 0 Å². The van der Waals surface area contributed by atoms with Crippen molar-refractivity contribution in [1.82, 2.24) is 9.44 Å². The van der Waals surface area contributed by atoms with Crippen LogP contribution < -0.4 is 19.7 Å². The number of nitrogens with one attached hydrogen (secondary N) is 2. The third-order valence-corrected chi connectivity index (χ3v) is 12.5. The Balaban J connectivity index is -0.00000105. The van der Waals surface area contributed by atoms with Gasteiger partial charge in [-0.05, 0) is 25.7 Å². The largest absolute Gasteiger partial charge is 2.00 e. The summed E-state index contributed by atoms with van der Waals surface area (Å²) in [7, 11) is -7.30. The fraction of sp³-hybridized carbons (Fsp3) is 0.870. The van der Waals surface area contributed by atoms with E-state index in [1.54, 1.807) is 12.2 Å². The van der Waals surface area contributed by atoms with Crippen LogP contribution in [0.25, 0.3) is 0 Å². The monoisotopic (exact) mass is 901 g/mol. The molecule has 0 aliphatic heterocycles. The van der Waals surface area contributed by atoms with Gasteiger partial charge in [-0.25, -0.2) is 26.3 Å². The predicted molar refractivity (Wildman–Crippen MR) is 245 cm³/mol.